The molecule has 0 aliphatic carbocycles. The van der Waals surface area contributed by atoms with Crippen LogP contribution in [0.2, 0.25) is 51.4 Å². The smallest absolute Gasteiger partial charge is 0.407 e. The summed E-state index contributed by atoms with van der Waals surface area (Å²) in [6, 6.07) is 14.6. The van der Waals surface area contributed by atoms with Gasteiger partial charge in [0.25, 0.3) is 0 Å². The van der Waals surface area contributed by atoms with Crippen LogP contribution in [0, 0.1) is 5.82 Å². The molecule has 1 amide bonds. The maximum absolute atomic E-state index is 14.5. The van der Waals surface area contributed by atoms with Crippen LogP contribution in [-0.4, -0.2) is 90.6 Å². The number of carbonyl (C=O) groups is 1. The van der Waals surface area contributed by atoms with Gasteiger partial charge in [-0.05, 0) is 56.0 Å². The first kappa shape index (κ1) is 36.1. The summed E-state index contributed by atoms with van der Waals surface area (Å²) in [4.78, 5) is 25.7. The minimum absolute atomic E-state index is 0.0110. The number of halogens is 1. The largest absolute Gasteiger partial charge is 0.465 e. The van der Waals surface area contributed by atoms with Crippen LogP contribution in [0.15, 0.2) is 54.9 Å². The van der Waals surface area contributed by atoms with E-state index in [2.05, 4.69) is 55.2 Å². The van der Waals surface area contributed by atoms with E-state index in [-0.39, 0.29) is 23.8 Å². The Morgan fingerprint density at radius 1 is 0.920 bits per heavy atom. The summed E-state index contributed by atoms with van der Waals surface area (Å²) >= 11 is 0. The summed E-state index contributed by atoms with van der Waals surface area (Å²) in [5, 5.41) is 14.8. The number of ether oxygens (including phenoxy) is 2. The van der Waals surface area contributed by atoms with Gasteiger partial charge in [0, 0.05) is 82.0 Å². The molecule has 0 saturated carbocycles. The number of anilines is 1. The maximum Gasteiger partial charge on any atom is 0.407 e. The van der Waals surface area contributed by atoms with Gasteiger partial charge in [0.1, 0.15) is 25.1 Å². The molecule has 6 rings (SSSR count). The Labute approximate surface area is 296 Å². The van der Waals surface area contributed by atoms with Crippen molar-refractivity contribution in [2.75, 3.05) is 31.6 Å². The van der Waals surface area contributed by atoms with E-state index in [1.807, 2.05) is 22.8 Å². The van der Waals surface area contributed by atoms with Gasteiger partial charge in [0.15, 0.2) is 5.65 Å². The lowest BCUT2D eigenvalue weighted by atomic mass is 9.88. The van der Waals surface area contributed by atoms with Gasteiger partial charge in [-0.25, -0.2) is 14.2 Å². The van der Waals surface area contributed by atoms with E-state index in [1.54, 1.807) is 29.3 Å². The van der Waals surface area contributed by atoms with E-state index < -0.39 is 22.2 Å². The molecule has 50 heavy (non-hydrogen) atoms. The molecule has 2 atom stereocenters. The number of fused-ring (bicyclic) bond motifs is 3. The van der Waals surface area contributed by atoms with Gasteiger partial charge in [0.2, 0.25) is 0 Å². The highest BCUT2D eigenvalue weighted by molar-refractivity contribution is 6.76. The number of carboxylic acid groups (broad SMARTS) is 1. The highest BCUT2D eigenvalue weighted by atomic mass is 28.3. The number of rotatable bonds is 14. The predicted molar refractivity (Wildman–Crippen MR) is 201 cm³/mol. The second-order valence-corrected chi connectivity index (χ2v) is 27.5. The Bertz CT molecular complexity index is 1760. The molecule has 1 aromatic carbocycles. The lowest BCUT2D eigenvalue weighted by Gasteiger charge is -2.37. The molecule has 2 aliphatic rings. The van der Waals surface area contributed by atoms with Crippen molar-refractivity contribution in [3.63, 3.8) is 0 Å². The Morgan fingerprint density at radius 2 is 1.56 bits per heavy atom. The number of aromatic nitrogens is 4. The zero-order valence-electron chi connectivity index (χ0n) is 30.2. The third-order valence-corrected chi connectivity index (χ3v) is 13.3. The van der Waals surface area contributed by atoms with Crippen LogP contribution in [0.4, 0.5) is 15.0 Å². The first-order valence-corrected chi connectivity index (χ1v) is 25.2. The standard InChI is InChI=1S/C37H51FN6O4Si2/c1-49(2,3)17-15-47-24-42(25-48-16-18-50(4,5)6)35-21-34(27-19-28-12-13-29(20-27)43(28)37(45)46)41-36-31(23-40-44(35)36)26-11-14-33(39-22-26)30-9-7-8-10-32(30)38/h7-11,14,21-23,27-29H,12-13,15-20,24-25H2,1-6H3,(H,45,46). The minimum atomic E-state index is -1.29. The molecule has 2 saturated heterocycles. The van der Waals surface area contributed by atoms with Gasteiger partial charge in [-0.2, -0.15) is 9.61 Å². The van der Waals surface area contributed by atoms with Crippen LogP contribution in [0.3, 0.4) is 0 Å². The Kier molecular flexibility index (Phi) is 10.8. The molecule has 5 heterocycles. The number of hydrogen-bond donors (Lipinski definition) is 1. The van der Waals surface area contributed by atoms with E-state index in [4.69, 9.17) is 19.6 Å². The van der Waals surface area contributed by atoms with Crippen molar-refractivity contribution in [2.24, 2.45) is 0 Å². The van der Waals surface area contributed by atoms with Crippen molar-refractivity contribution < 1.29 is 23.8 Å². The molecule has 268 valence electrons. The third-order valence-electron chi connectivity index (χ3n) is 9.88. The SMILES string of the molecule is C[Si](C)(C)CCOCN(COCC[Si](C)(C)C)c1cc(C2CC3CCC(C2)N3C(=O)O)nc2c(-c3ccc(-c4ccccc4F)nc3)cnn12. The van der Waals surface area contributed by atoms with Crippen LogP contribution in [0.25, 0.3) is 28.0 Å². The highest BCUT2D eigenvalue weighted by Crippen LogP contribution is 2.43. The van der Waals surface area contributed by atoms with Gasteiger partial charge < -0.3 is 24.4 Å². The Morgan fingerprint density at radius 3 is 2.12 bits per heavy atom. The molecule has 2 aliphatic heterocycles. The van der Waals surface area contributed by atoms with E-state index in [0.29, 0.717) is 43.6 Å². The van der Waals surface area contributed by atoms with Gasteiger partial charge in [-0.15, -0.1) is 0 Å². The van der Waals surface area contributed by atoms with Crippen molar-refractivity contribution in [3.05, 3.63) is 66.4 Å². The van der Waals surface area contributed by atoms with Crippen molar-refractivity contribution in [3.8, 4) is 22.4 Å². The number of benzene rings is 1. The van der Waals surface area contributed by atoms with E-state index in [0.717, 1.165) is 60.4 Å². The second-order valence-electron chi connectivity index (χ2n) is 16.2. The van der Waals surface area contributed by atoms with Crippen LogP contribution < -0.4 is 4.90 Å². The molecule has 0 radical (unpaired) electrons. The fourth-order valence-electron chi connectivity index (χ4n) is 6.99. The maximum atomic E-state index is 14.5. The summed E-state index contributed by atoms with van der Waals surface area (Å²) in [6.45, 7) is 16.1. The van der Waals surface area contributed by atoms with Crippen molar-refractivity contribution >= 4 is 33.7 Å². The van der Waals surface area contributed by atoms with E-state index >= 15 is 0 Å². The van der Waals surface area contributed by atoms with Gasteiger partial charge in [-0.1, -0.05) is 57.5 Å². The van der Waals surface area contributed by atoms with Gasteiger partial charge in [0.05, 0.1) is 11.9 Å². The van der Waals surface area contributed by atoms with Crippen molar-refractivity contribution in [2.45, 2.75) is 95.1 Å². The van der Waals surface area contributed by atoms with E-state index in [9.17, 15) is 14.3 Å². The summed E-state index contributed by atoms with van der Waals surface area (Å²) < 4.78 is 29.0. The lowest BCUT2D eigenvalue weighted by Crippen LogP contribution is -2.45. The Hall–Kier alpha value is -3.66. The van der Waals surface area contributed by atoms with Crippen LogP contribution in [0.1, 0.15) is 37.3 Å². The molecule has 2 bridgehead atoms. The number of nitrogens with zero attached hydrogens (tertiary/aromatic N) is 6. The molecule has 2 fully saturated rings. The molecule has 13 heteroatoms. The van der Waals surface area contributed by atoms with Gasteiger partial charge >= 0.3 is 6.09 Å². The van der Waals surface area contributed by atoms with Crippen LogP contribution in [-0.2, 0) is 9.47 Å². The molecular formula is C37H51FN6O4Si2. The van der Waals surface area contributed by atoms with Gasteiger partial charge in [-0.3, -0.25) is 4.98 Å². The third kappa shape index (κ3) is 8.44. The first-order valence-electron chi connectivity index (χ1n) is 17.8. The molecular weight excluding hydrogens is 668 g/mol. The summed E-state index contributed by atoms with van der Waals surface area (Å²) in [5.74, 6) is 0.599. The van der Waals surface area contributed by atoms with Crippen LogP contribution in [0.5, 0.6) is 0 Å². The number of amides is 1. The second kappa shape index (κ2) is 14.9. The number of hydrogen-bond acceptors (Lipinski definition) is 7. The number of pyridine rings is 1. The summed E-state index contributed by atoms with van der Waals surface area (Å²) in [6.07, 6.45) is 5.93. The Balaban J connectivity index is 1.38. The molecule has 0 spiro atoms. The fourth-order valence-corrected chi connectivity index (χ4v) is 8.50. The zero-order valence-corrected chi connectivity index (χ0v) is 32.2. The summed E-state index contributed by atoms with van der Waals surface area (Å²) in [5.41, 5.74) is 4.23. The highest BCUT2D eigenvalue weighted by Gasteiger charge is 2.44. The minimum Gasteiger partial charge on any atom is -0.465 e. The molecule has 1 N–H and O–H groups in total. The average Bonchev–Trinajstić information content (AvgIpc) is 3.61. The molecule has 10 nitrogen and oxygen atoms in total. The quantitative estimate of drug-likeness (QED) is 0.0788. The van der Waals surface area contributed by atoms with E-state index in [1.165, 1.54) is 6.07 Å². The topological polar surface area (TPSA) is 105 Å². The van der Waals surface area contributed by atoms with Crippen molar-refractivity contribution in [1.29, 1.82) is 0 Å². The normalized spacial score (nSPS) is 19.3. The zero-order chi connectivity index (χ0) is 35.6. The van der Waals surface area contributed by atoms with Crippen LogP contribution >= 0.6 is 0 Å². The van der Waals surface area contributed by atoms with Crippen molar-refractivity contribution in [1.82, 2.24) is 24.5 Å². The fraction of sp³-hybridized carbons (Fsp3) is 0.514. The average molecular weight is 719 g/mol. The summed E-state index contributed by atoms with van der Waals surface area (Å²) in [7, 11) is -2.58. The number of piperidine rings is 1. The molecule has 3 aromatic heterocycles. The monoisotopic (exact) mass is 718 g/mol. The first-order chi connectivity index (χ1) is 23.8. The lowest BCUT2D eigenvalue weighted by molar-refractivity contribution is 0.0934. The predicted octanol–water partition coefficient (Wildman–Crippen LogP) is 8.42. The molecule has 2 unspecified atom stereocenters. The molecule has 4 aromatic rings.